The van der Waals surface area contributed by atoms with Gasteiger partial charge in [0.2, 0.25) is 5.91 Å². The SMILES string of the molecule is CC(C)NC(=O)[C@@H](Cc1ccccc1)N(Cc1ccc(Cl)c(Cl)c1)C(=O)COc1ccccc1C(C)(C)C. The summed E-state index contributed by atoms with van der Waals surface area (Å²) in [5, 5.41) is 3.80. The Morgan fingerprint density at radius 3 is 2.18 bits per heavy atom. The average Bonchev–Trinajstić information content (AvgIpc) is 2.86. The van der Waals surface area contributed by atoms with Gasteiger partial charge in [0, 0.05) is 19.0 Å². The van der Waals surface area contributed by atoms with Gasteiger partial charge in [-0.3, -0.25) is 9.59 Å². The van der Waals surface area contributed by atoms with Gasteiger partial charge in [0.15, 0.2) is 6.61 Å². The van der Waals surface area contributed by atoms with Gasteiger partial charge >= 0.3 is 0 Å². The Bertz CT molecular complexity index is 1240. The minimum atomic E-state index is -0.761. The smallest absolute Gasteiger partial charge is 0.261 e. The fourth-order valence-electron chi connectivity index (χ4n) is 4.20. The standard InChI is InChI=1S/C31H36Cl2N2O3/c1-21(2)34-30(37)27(18-22-11-7-6-8-12-22)35(19-23-15-16-25(32)26(33)17-23)29(36)20-38-28-14-10-9-13-24(28)31(3,4)5/h6-17,21,27H,18-20H2,1-5H3,(H,34,37)/t27-/m1/s1. The molecular weight excluding hydrogens is 519 g/mol. The summed E-state index contributed by atoms with van der Waals surface area (Å²) in [7, 11) is 0. The van der Waals surface area contributed by atoms with Gasteiger partial charge in [-0.05, 0) is 54.2 Å². The maximum Gasteiger partial charge on any atom is 0.261 e. The fraction of sp³-hybridized carbons (Fsp3) is 0.355. The van der Waals surface area contributed by atoms with Crippen molar-refractivity contribution in [3.05, 3.63) is 99.5 Å². The molecule has 0 unspecified atom stereocenters. The minimum Gasteiger partial charge on any atom is -0.483 e. The lowest BCUT2D eigenvalue weighted by molar-refractivity contribution is -0.143. The molecule has 3 rings (SSSR count). The number of carbonyl (C=O) groups is 2. The van der Waals surface area contributed by atoms with Crippen LogP contribution in [0.15, 0.2) is 72.8 Å². The van der Waals surface area contributed by atoms with Crippen LogP contribution >= 0.6 is 23.2 Å². The van der Waals surface area contributed by atoms with E-state index >= 15 is 0 Å². The van der Waals surface area contributed by atoms with Gasteiger partial charge in [0.1, 0.15) is 11.8 Å². The summed E-state index contributed by atoms with van der Waals surface area (Å²) in [5.74, 6) is 0.112. The molecule has 0 heterocycles. The van der Waals surface area contributed by atoms with Crippen LogP contribution in [0, 0.1) is 0 Å². The number of ether oxygens (including phenoxy) is 1. The molecule has 0 radical (unpaired) electrons. The molecule has 1 N–H and O–H groups in total. The first-order chi connectivity index (χ1) is 18.0. The molecule has 0 spiro atoms. The Hall–Kier alpha value is -3.02. The zero-order chi connectivity index (χ0) is 27.9. The number of hydrogen-bond acceptors (Lipinski definition) is 3. The van der Waals surface area contributed by atoms with Gasteiger partial charge in [0.05, 0.1) is 10.0 Å². The topological polar surface area (TPSA) is 58.6 Å². The van der Waals surface area contributed by atoms with Crippen LogP contribution in [-0.4, -0.2) is 35.4 Å². The normalized spacial score (nSPS) is 12.2. The number of benzene rings is 3. The van der Waals surface area contributed by atoms with Crippen LogP contribution in [0.4, 0.5) is 0 Å². The van der Waals surface area contributed by atoms with E-state index < -0.39 is 6.04 Å². The summed E-state index contributed by atoms with van der Waals surface area (Å²) in [4.78, 5) is 28.9. The molecule has 0 bridgehead atoms. The van der Waals surface area contributed by atoms with Gasteiger partial charge < -0.3 is 15.0 Å². The van der Waals surface area contributed by atoms with E-state index in [1.165, 1.54) is 0 Å². The molecule has 1 atom stereocenters. The number of rotatable bonds is 10. The highest BCUT2D eigenvalue weighted by Crippen LogP contribution is 2.31. The summed E-state index contributed by atoms with van der Waals surface area (Å²) in [5.41, 5.74) is 2.55. The van der Waals surface area contributed by atoms with Crippen molar-refractivity contribution >= 4 is 35.0 Å². The number of nitrogens with zero attached hydrogens (tertiary/aromatic N) is 1. The van der Waals surface area contributed by atoms with Crippen molar-refractivity contribution in [3.63, 3.8) is 0 Å². The van der Waals surface area contributed by atoms with Crippen molar-refractivity contribution in [3.8, 4) is 5.75 Å². The molecule has 7 heteroatoms. The second-order valence-corrected chi connectivity index (χ2v) is 11.5. The molecule has 0 saturated heterocycles. The van der Waals surface area contributed by atoms with Gasteiger partial charge in [0.25, 0.3) is 5.91 Å². The van der Waals surface area contributed by atoms with E-state index in [-0.39, 0.29) is 36.4 Å². The van der Waals surface area contributed by atoms with Crippen molar-refractivity contribution in [2.75, 3.05) is 6.61 Å². The average molecular weight is 556 g/mol. The van der Waals surface area contributed by atoms with Crippen LogP contribution < -0.4 is 10.1 Å². The molecule has 38 heavy (non-hydrogen) atoms. The summed E-state index contributed by atoms with van der Waals surface area (Å²) >= 11 is 12.4. The second kappa shape index (κ2) is 13.2. The van der Waals surface area contributed by atoms with Crippen LogP contribution in [0.3, 0.4) is 0 Å². The Kier molecular flexibility index (Phi) is 10.2. The number of halogens is 2. The molecule has 5 nitrogen and oxygen atoms in total. The Balaban J connectivity index is 1.96. The monoisotopic (exact) mass is 554 g/mol. The van der Waals surface area contributed by atoms with Crippen molar-refractivity contribution in [1.29, 1.82) is 0 Å². The van der Waals surface area contributed by atoms with E-state index in [4.69, 9.17) is 27.9 Å². The lowest BCUT2D eigenvalue weighted by Crippen LogP contribution is -2.52. The highest BCUT2D eigenvalue weighted by molar-refractivity contribution is 6.42. The summed E-state index contributed by atoms with van der Waals surface area (Å²) in [6.45, 7) is 10.0. The first-order valence-electron chi connectivity index (χ1n) is 12.8. The fourth-order valence-corrected chi connectivity index (χ4v) is 4.52. The number of hydrogen-bond donors (Lipinski definition) is 1. The van der Waals surface area contributed by atoms with Crippen molar-refractivity contribution in [2.24, 2.45) is 0 Å². The van der Waals surface area contributed by atoms with E-state index in [0.29, 0.717) is 22.2 Å². The molecule has 0 aliphatic rings. The molecule has 202 valence electrons. The maximum absolute atomic E-state index is 13.8. The summed E-state index contributed by atoms with van der Waals surface area (Å²) in [6, 6.07) is 21.8. The third-order valence-electron chi connectivity index (χ3n) is 6.09. The molecule has 3 aromatic rings. The molecule has 0 saturated carbocycles. The molecule has 3 aromatic carbocycles. The third-order valence-corrected chi connectivity index (χ3v) is 6.82. The van der Waals surface area contributed by atoms with E-state index in [0.717, 1.165) is 16.7 Å². The van der Waals surface area contributed by atoms with Crippen LogP contribution in [0.5, 0.6) is 5.75 Å². The molecule has 2 amide bonds. The van der Waals surface area contributed by atoms with Crippen molar-refractivity contribution in [2.45, 2.75) is 65.1 Å². The number of para-hydroxylation sites is 1. The van der Waals surface area contributed by atoms with Gasteiger partial charge in [-0.15, -0.1) is 0 Å². The van der Waals surface area contributed by atoms with Crippen LogP contribution in [0.2, 0.25) is 10.0 Å². The van der Waals surface area contributed by atoms with Crippen LogP contribution in [0.25, 0.3) is 0 Å². The number of carbonyl (C=O) groups excluding carboxylic acids is 2. The second-order valence-electron chi connectivity index (χ2n) is 10.7. The third kappa shape index (κ3) is 8.24. The highest BCUT2D eigenvalue weighted by atomic mass is 35.5. The number of amides is 2. The lowest BCUT2D eigenvalue weighted by Gasteiger charge is -2.32. The number of nitrogens with one attached hydrogen (secondary N) is 1. The van der Waals surface area contributed by atoms with Gasteiger partial charge in [-0.1, -0.05) is 98.6 Å². The predicted octanol–water partition coefficient (Wildman–Crippen LogP) is 6.83. The highest BCUT2D eigenvalue weighted by Gasteiger charge is 2.31. The zero-order valence-electron chi connectivity index (χ0n) is 22.6. The first-order valence-corrected chi connectivity index (χ1v) is 13.5. The molecule has 0 aliphatic heterocycles. The Labute approximate surface area is 236 Å². The van der Waals surface area contributed by atoms with Gasteiger partial charge in [-0.25, -0.2) is 0 Å². The summed E-state index contributed by atoms with van der Waals surface area (Å²) in [6.07, 6.45) is 0.352. The molecule has 0 fully saturated rings. The van der Waals surface area contributed by atoms with E-state index in [1.807, 2.05) is 74.5 Å². The Morgan fingerprint density at radius 2 is 1.55 bits per heavy atom. The van der Waals surface area contributed by atoms with E-state index in [2.05, 4.69) is 26.1 Å². The zero-order valence-corrected chi connectivity index (χ0v) is 24.1. The first kappa shape index (κ1) is 29.5. The molecule has 0 aromatic heterocycles. The Morgan fingerprint density at radius 1 is 0.895 bits per heavy atom. The van der Waals surface area contributed by atoms with E-state index in [9.17, 15) is 9.59 Å². The summed E-state index contributed by atoms with van der Waals surface area (Å²) < 4.78 is 6.08. The quantitative estimate of drug-likeness (QED) is 0.298. The molecular formula is C31H36Cl2N2O3. The van der Waals surface area contributed by atoms with Crippen LogP contribution in [-0.2, 0) is 28.0 Å². The molecule has 0 aliphatic carbocycles. The largest absolute Gasteiger partial charge is 0.483 e. The van der Waals surface area contributed by atoms with Crippen molar-refractivity contribution in [1.82, 2.24) is 10.2 Å². The van der Waals surface area contributed by atoms with Crippen molar-refractivity contribution < 1.29 is 14.3 Å². The van der Waals surface area contributed by atoms with E-state index in [1.54, 1.807) is 17.0 Å². The lowest BCUT2D eigenvalue weighted by atomic mass is 9.86. The van der Waals surface area contributed by atoms with Crippen LogP contribution in [0.1, 0.15) is 51.3 Å². The predicted molar refractivity (Wildman–Crippen MR) is 155 cm³/mol. The maximum atomic E-state index is 13.8. The van der Waals surface area contributed by atoms with Gasteiger partial charge in [-0.2, -0.15) is 0 Å². The minimum absolute atomic E-state index is 0.0855.